The zero-order valence-electron chi connectivity index (χ0n) is 11.5. The van der Waals surface area contributed by atoms with E-state index in [2.05, 4.69) is 11.4 Å². The monoisotopic (exact) mass is 305 g/mol. The van der Waals surface area contributed by atoms with Gasteiger partial charge < -0.3 is 10.4 Å². The van der Waals surface area contributed by atoms with Gasteiger partial charge in [-0.1, -0.05) is 0 Å². The number of benzene rings is 1. The third kappa shape index (κ3) is 3.14. The van der Waals surface area contributed by atoms with Crippen molar-refractivity contribution < 1.29 is 14.3 Å². The molecule has 3 nitrogen and oxygen atoms in total. The predicted octanol–water partition coefficient (Wildman–Crippen LogP) is 3.36. The summed E-state index contributed by atoms with van der Waals surface area (Å²) in [5.74, 6) is -1.41. The summed E-state index contributed by atoms with van der Waals surface area (Å²) in [6, 6.07) is 6.11. The van der Waals surface area contributed by atoms with Crippen molar-refractivity contribution in [2.24, 2.45) is 0 Å². The standard InChI is InChI=1S/C16H16FNO2S/c17-14-5-4-11(16(19)20)6-12(14)8-18-9-13-7-10-2-1-3-15(10)21-13/h4-7,18H,1-3,8-9H2,(H,19,20). The lowest BCUT2D eigenvalue weighted by molar-refractivity contribution is 0.0696. The Morgan fingerprint density at radius 1 is 1.29 bits per heavy atom. The summed E-state index contributed by atoms with van der Waals surface area (Å²) < 4.78 is 13.7. The van der Waals surface area contributed by atoms with Gasteiger partial charge in [0.15, 0.2) is 0 Å². The van der Waals surface area contributed by atoms with Crippen molar-refractivity contribution in [1.82, 2.24) is 5.32 Å². The van der Waals surface area contributed by atoms with Crippen molar-refractivity contribution in [3.63, 3.8) is 0 Å². The highest BCUT2D eigenvalue weighted by atomic mass is 32.1. The average molecular weight is 305 g/mol. The van der Waals surface area contributed by atoms with Crippen LogP contribution in [-0.4, -0.2) is 11.1 Å². The zero-order chi connectivity index (χ0) is 14.8. The van der Waals surface area contributed by atoms with Crippen LogP contribution in [0.4, 0.5) is 4.39 Å². The van der Waals surface area contributed by atoms with Crippen LogP contribution in [-0.2, 0) is 25.9 Å². The second-order valence-electron chi connectivity index (χ2n) is 5.23. The van der Waals surface area contributed by atoms with Crippen LogP contribution in [0.5, 0.6) is 0 Å². The second-order valence-corrected chi connectivity index (χ2v) is 6.45. The SMILES string of the molecule is O=C(O)c1ccc(F)c(CNCc2cc3c(s2)CCC3)c1. The molecule has 0 bridgehead atoms. The van der Waals surface area contributed by atoms with E-state index in [0.717, 1.165) is 0 Å². The quantitative estimate of drug-likeness (QED) is 0.890. The van der Waals surface area contributed by atoms with Crippen LogP contribution in [0.25, 0.3) is 0 Å². The highest BCUT2D eigenvalue weighted by Gasteiger charge is 2.14. The molecule has 0 radical (unpaired) electrons. The van der Waals surface area contributed by atoms with E-state index in [4.69, 9.17) is 5.11 Å². The van der Waals surface area contributed by atoms with Gasteiger partial charge >= 0.3 is 5.97 Å². The third-order valence-electron chi connectivity index (χ3n) is 3.70. The number of carbonyl (C=O) groups is 1. The average Bonchev–Trinajstić information content (AvgIpc) is 3.01. The summed E-state index contributed by atoms with van der Waals surface area (Å²) in [5, 5.41) is 12.1. The van der Waals surface area contributed by atoms with Crippen molar-refractivity contribution in [2.45, 2.75) is 32.4 Å². The van der Waals surface area contributed by atoms with Crippen LogP contribution in [0.15, 0.2) is 24.3 Å². The number of rotatable bonds is 5. The molecule has 5 heteroatoms. The normalized spacial score (nSPS) is 13.4. The Balaban J connectivity index is 1.62. The maximum atomic E-state index is 13.7. The molecule has 110 valence electrons. The molecular formula is C16H16FNO2S. The van der Waals surface area contributed by atoms with E-state index in [1.165, 1.54) is 52.8 Å². The minimum Gasteiger partial charge on any atom is -0.478 e. The molecule has 0 aliphatic heterocycles. The summed E-state index contributed by atoms with van der Waals surface area (Å²) in [7, 11) is 0. The van der Waals surface area contributed by atoms with Crippen molar-refractivity contribution >= 4 is 17.3 Å². The van der Waals surface area contributed by atoms with E-state index in [1.807, 2.05) is 11.3 Å². The number of aromatic carboxylic acids is 1. The second kappa shape index (κ2) is 5.95. The maximum Gasteiger partial charge on any atom is 0.335 e. The maximum absolute atomic E-state index is 13.7. The lowest BCUT2D eigenvalue weighted by atomic mass is 10.1. The Kier molecular flexibility index (Phi) is 4.03. The fourth-order valence-electron chi connectivity index (χ4n) is 2.64. The van der Waals surface area contributed by atoms with Gasteiger partial charge in [-0.2, -0.15) is 0 Å². The molecule has 0 saturated carbocycles. The van der Waals surface area contributed by atoms with Crippen molar-refractivity contribution in [1.29, 1.82) is 0 Å². The van der Waals surface area contributed by atoms with Crippen LogP contribution >= 0.6 is 11.3 Å². The summed E-state index contributed by atoms with van der Waals surface area (Å²) in [5.41, 5.74) is 1.96. The van der Waals surface area contributed by atoms with Crippen LogP contribution in [0.2, 0.25) is 0 Å². The molecule has 1 aromatic carbocycles. The minimum atomic E-state index is -1.04. The van der Waals surface area contributed by atoms with Gasteiger partial charge in [-0.05, 0) is 49.1 Å². The number of carboxylic acids is 1. The van der Waals surface area contributed by atoms with Gasteiger partial charge in [0.1, 0.15) is 5.82 Å². The Morgan fingerprint density at radius 2 is 2.14 bits per heavy atom. The number of fused-ring (bicyclic) bond motifs is 1. The van der Waals surface area contributed by atoms with Crippen LogP contribution in [0, 0.1) is 5.82 Å². The number of thiophene rings is 1. The first-order valence-electron chi connectivity index (χ1n) is 6.96. The molecule has 0 atom stereocenters. The first-order chi connectivity index (χ1) is 10.1. The molecule has 0 spiro atoms. The molecule has 3 rings (SSSR count). The van der Waals surface area contributed by atoms with Crippen LogP contribution in [0.1, 0.15) is 37.7 Å². The smallest absolute Gasteiger partial charge is 0.335 e. The van der Waals surface area contributed by atoms with E-state index in [9.17, 15) is 9.18 Å². The fourth-order valence-corrected chi connectivity index (χ4v) is 3.87. The van der Waals surface area contributed by atoms with Gasteiger partial charge in [-0.15, -0.1) is 11.3 Å². The van der Waals surface area contributed by atoms with E-state index < -0.39 is 5.97 Å². The molecule has 0 fully saturated rings. The molecule has 2 aromatic rings. The molecule has 0 amide bonds. The van der Waals surface area contributed by atoms with Crippen molar-refractivity contribution in [3.05, 3.63) is 56.5 Å². The fraction of sp³-hybridized carbons (Fsp3) is 0.312. The van der Waals surface area contributed by atoms with Gasteiger partial charge in [-0.25, -0.2) is 9.18 Å². The topological polar surface area (TPSA) is 49.3 Å². The van der Waals surface area contributed by atoms with Gasteiger partial charge in [0.25, 0.3) is 0 Å². The molecule has 1 aliphatic carbocycles. The summed E-state index contributed by atoms with van der Waals surface area (Å²) in [6.07, 6.45) is 3.60. The summed E-state index contributed by atoms with van der Waals surface area (Å²) >= 11 is 1.82. The van der Waals surface area contributed by atoms with Gasteiger partial charge in [-0.3, -0.25) is 0 Å². The Bertz CT molecular complexity index is 659. The molecule has 0 unspecified atom stereocenters. The Hall–Kier alpha value is -1.72. The number of hydrogen-bond acceptors (Lipinski definition) is 3. The number of hydrogen-bond donors (Lipinski definition) is 2. The highest BCUT2D eigenvalue weighted by Crippen LogP contribution is 2.30. The lowest BCUT2D eigenvalue weighted by Crippen LogP contribution is -2.13. The Morgan fingerprint density at radius 3 is 2.90 bits per heavy atom. The van der Waals surface area contributed by atoms with Crippen molar-refractivity contribution in [3.8, 4) is 0 Å². The lowest BCUT2D eigenvalue weighted by Gasteiger charge is -2.06. The zero-order valence-corrected chi connectivity index (χ0v) is 12.3. The highest BCUT2D eigenvalue weighted by molar-refractivity contribution is 7.12. The van der Waals surface area contributed by atoms with Crippen LogP contribution in [0.3, 0.4) is 0 Å². The number of carboxylic acid groups (broad SMARTS) is 1. The van der Waals surface area contributed by atoms with E-state index in [1.54, 1.807) is 0 Å². The van der Waals surface area contributed by atoms with Gasteiger partial charge in [0, 0.05) is 28.4 Å². The van der Waals surface area contributed by atoms with Gasteiger partial charge in [0.05, 0.1) is 5.56 Å². The minimum absolute atomic E-state index is 0.114. The summed E-state index contributed by atoms with van der Waals surface area (Å²) in [6.45, 7) is 1.02. The number of nitrogens with one attached hydrogen (secondary N) is 1. The van der Waals surface area contributed by atoms with Crippen LogP contribution < -0.4 is 5.32 Å². The van der Waals surface area contributed by atoms with Gasteiger partial charge in [0.2, 0.25) is 0 Å². The molecule has 0 saturated heterocycles. The van der Waals surface area contributed by atoms with E-state index in [-0.39, 0.29) is 11.4 Å². The first-order valence-corrected chi connectivity index (χ1v) is 7.78. The molecule has 1 aliphatic rings. The van der Waals surface area contributed by atoms with E-state index in [0.29, 0.717) is 18.7 Å². The Labute approximate surface area is 126 Å². The molecular weight excluding hydrogens is 289 g/mol. The number of halogens is 1. The third-order valence-corrected chi connectivity index (χ3v) is 4.94. The van der Waals surface area contributed by atoms with E-state index >= 15 is 0 Å². The molecule has 1 aromatic heterocycles. The predicted molar refractivity (Wildman–Crippen MR) is 80.2 cm³/mol. The largest absolute Gasteiger partial charge is 0.478 e. The molecule has 21 heavy (non-hydrogen) atoms. The summed E-state index contributed by atoms with van der Waals surface area (Å²) in [4.78, 5) is 13.6. The molecule has 1 heterocycles. The first kappa shape index (κ1) is 14.2. The number of aryl methyl sites for hydroxylation is 2. The molecule has 2 N–H and O–H groups in total. The van der Waals surface area contributed by atoms with Crippen molar-refractivity contribution in [2.75, 3.05) is 0 Å².